The molecule has 0 amide bonds. The topological polar surface area (TPSA) is 86.5 Å². The molecule has 0 atom stereocenters. The summed E-state index contributed by atoms with van der Waals surface area (Å²) >= 11 is 5.64. The largest absolute Gasteiger partial charge is 0.390 e. The lowest BCUT2D eigenvalue weighted by Crippen LogP contribution is -2.10. The molecule has 0 radical (unpaired) electrons. The van der Waals surface area contributed by atoms with Crippen molar-refractivity contribution in [3.8, 4) is 0 Å². The van der Waals surface area contributed by atoms with E-state index in [0.717, 1.165) is 19.1 Å². The van der Waals surface area contributed by atoms with E-state index in [1.54, 1.807) is 0 Å². The first-order valence-electron chi connectivity index (χ1n) is 4.08. The van der Waals surface area contributed by atoms with Gasteiger partial charge < -0.3 is 4.74 Å². The van der Waals surface area contributed by atoms with E-state index in [9.17, 15) is 19.7 Å². The summed E-state index contributed by atoms with van der Waals surface area (Å²) < 4.78 is 4.27. The van der Waals surface area contributed by atoms with Gasteiger partial charge in [0.25, 0.3) is 5.69 Å². The number of ether oxygens (including phenoxy) is 1. The van der Waals surface area contributed by atoms with E-state index in [2.05, 4.69) is 4.74 Å². The average molecular weight is 244 g/mol. The van der Waals surface area contributed by atoms with E-state index in [1.807, 2.05) is 0 Å². The van der Waals surface area contributed by atoms with Crippen molar-refractivity contribution in [2.24, 2.45) is 0 Å². The Morgan fingerprint density at radius 1 is 1.44 bits per heavy atom. The van der Waals surface area contributed by atoms with Gasteiger partial charge in [-0.3, -0.25) is 14.9 Å². The zero-order valence-electron chi connectivity index (χ0n) is 8.10. The lowest BCUT2D eigenvalue weighted by molar-refractivity contribution is -0.384. The number of rotatable bonds is 2. The summed E-state index contributed by atoms with van der Waals surface area (Å²) in [5.74, 6) is -1.83. The van der Waals surface area contributed by atoms with Crippen molar-refractivity contribution in [1.82, 2.24) is 0 Å². The molecule has 0 unspecified atom stereocenters. The van der Waals surface area contributed by atoms with Gasteiger partial charge in [-0.1, -0.05) is 11.6 Å². The summed E-state index contributed by atoms with van der Waals surface area (Å²) in [5, 5.41) is 10.4. The van der Waals surface area contributed by atoms with Gasteiger partial charge >= 0.3 is 11.9 Å². The normalized spacial score (nSPS) is 9.62. The molecule has 0 aliphatic carbocycles. The second kappa shape index (κ2) is 4.71. The van der Waals surface area contributed by atoms with Crippen LogP contribution in [0.2, 0.25) is 5.02 Å². The van der Waals surface area contributed by atoms with E-state index < -0.39 is 16.9 Å². The Bertz CT molecular complexity index is 471. The molecule has 0 heterocycles. The molecule has 6 nitrogen and oxygen atoms in total. The summed E-state index contributed by atoms with van der Waals surface area (Å²) in [6.07, 6.45) is 0. The van der Waals surface area contributed by atoms with E-state index in [-0.39, 0.29) is 16.3 Å². The Balaban J connectivity index is 3.11. The summed E-state index contributed by atoms with van der Waals surface area (Å²) in [6.45, 7) is 1.04. The molecule has 1 aromatic rings. The van der Waals surface area contributed by atoms with Gasteiger partial charge in [0.05, 0.1) is 15.5 Å². The molecular weight excluding hydrogens is 238 g/mol. The van der Waals surface area contributed by atoms with Crippen LogP contribution in [0.1, 0.15) is 17.3 Å². The van der Waals surface area contributed by atoms with Gasteiger partial charge in [-0.25, -0.2) is 4.79 Å². The van der Waals surface area contributed by atoms with Crippen LogP contribution in [-0.2, 0) is 9.53 Å². The Morgan fingerprint density at radius 2 is 2.06 bits per heavy atom. The van der Waals surface area contributed by atoms with Crippen LogP contribution in [0.5, 0.6) is 0 Å². The molecule has 0 saturated heterocycles. The highest BCUT2D eigenvalue weighted by atomic mass is 35.5. The third-order valence-corrected chi connectivity index (χ3v) is 1.95. The van der Waals surface area contributed by atoms with Gasteiger partial charge in [-0.15, -0.1) is 0 Å². The fraction of sp³-hybridized carbons (Fsp3) is 0.111. The van der Waals surface area contributed by atoms with Crippen LogP contribution in [0.4, 0.5) is 5.69 Å². The molecule has 0 fully saturated rings. The van der Waals surface area contributed by atoms with E-state index in [1.165, 1.54) is 6.07 Å². The van der Waals surface area contributed by atoms with Gasteiger partial charge in [0.15, 0.2) is 0 Å². The van der Waals surface area contributed by atoms with Crippen molar-refractivity contribution < 1.29 is 19.2 Å². The van der Waals surface area contributed by atoms with E-state index in [4.69, 9.17) is 11.6 Å². The van der Waals surface area contributed by atoms with Crippen LogP contribution in [0.3, 0.4) is 0 Å². The number of carbonyl (C=O) groups excluding carboxylic acids is 2. The predicted octanol–water partition coefficient (Wildman–Crippen LogP) is 1.95. The van der Waals surface area contributed by atoms with Crippen molar-refractivity contribution >= 4 is 29.2 Å². The Labute approximate surface area is 94.9 Å². The van der Waals surface area contributed by atoms with Gasteiger partial charge in [0.1, 0.15) is 0 Å². The second-order valence-corrected chi connectivity index (χ2v) is 3.21. The SMILES string of the molecule is CC(=O)OC(=O)c1cc([N+](=O)[O-])ccc1Cl. The van der Waals surface area contributed by atoms with Crippen molar-refractivity contribution in [2.75, 3.05) is 0 Å². The highest BCUT2D eigenvalue weighted by molar-refractivity contribution is 6.33. The minimum Gasteiger partial charge on any atom is -0.390 e. The standard InChI is InChI=1S/C9H6ClNO5/c1-5(12)16-9(13)7-4-6(11(14)15)2-3-8(7)10/h2-4H,1H3. The number of hydrogen-bond acceptors (Lipinski definition) is 5. The van der Waals surface area contributed by atoms with Crippen molar-refractivity contribution in [1.29, 1.82) is 0 Å². The van der Waals surface area contributed by atoms with Gasteiger partial charge in [0.2, 0.25) is 0 Å². The van der Waals surface area contributed by atoms with Crippen molar-refractivity contribution in [3.63, 3.8) is 0 Å². The third-order valence-electron chi connectivity index (χ3n) is 1.62. The van der Waals surface area contributed by atoms with Gasteiger partial charge in [-0.2, -0.15) is 0 Å². The highest BCUT2D eigenvalue weighted by Gasteiger charge is 2.18. The smallest absolute Gasteiger partial charge is 0.347 e. The maximum atomic E-state index is 11.3. The van der Waals surface area contributed by atoms with E-state index in [0.29, 0.717) is 0 Å². The molecule has 0 N–H and O–H groups in total. The molecule has 7 heteroatoms. The van der Waals surface area contributed by atoms with Crippen LogP contribution in [-0.4, -0.2) is 16.9 Å². The van der Waals surface area contributed by atoms with Gasteiger partial charge in [-0.05, 0) is 6.07 Å². The predicted molar refractivity (Wildman–Crippen MR) is 54.2 cm³/mol. The molecule has 84 valence electrons. The number of carbonyl (C=O) groups is 2. The van der Waals surface area contributed by atoms with E-state index >= 15 is 0 Å². The number of halogens is 1. The zero-order valence-corrected chi connectivity index (χ0v) is 8.85. The van der Waals surface area contributed by atoms with Crippen LogP contribution in [0.15, 0.2) is 18.2 Å². The molecule has 16 heavy (non-hydrogen) atoms. The first-order chi connectivity index (χ1) is 7.41. The number of non-ortho nitro benzene ring substituents is 1. The molecule has 0 aromatic heterocycles. The lowest BCUT2D eigenvalue weighted by atomic mass is 10.2. The number of nitro groups is 1. The highest BCUT2D eigenvalue weighted by Crippen LogP contribution is 2.22. The number of nitro benzene ring substituents is 1. The quantitative estimate of drug-likeness (QED) is 0.343. The fourth-order valence-electron chi connectivity index (χ4n) is 0.969. The number of esters is 2. The van der Waals surface area contributed by atoms with Gasteiger partial charge in [0, 0.05) is 19.1 Å². The third kappa shape index (κ3) is 2.77. The van der Waals surface area contributed by atoms with Crippen LogP contribution >= 0.6 is 11.6 Å². The molecule has 1 rings (SSSR count). The maximum absolute atomic E-state index is 11.3. The minimum absolute atomic E-state index is 0.0168. The summed E-state index contributed by atoms with van der Waals surface area (Å²) in [6, 6.07) is 3.29. The number of nitrogens with zero attached hydrogens (tertiary/aromatic N) is 1. The molecule has 0 bridgehead atoms. The summed E-state index contributed by atoms with van der Waals surface area (Å²) in [7, 11) is 0. The van der Waals surface area contributed by atoms with Crippen molar-refractivity contribution in [2.45, 2.75) is 6.92 Å². The maximum Gasteiger partial charge on any atom is 0.347 e. The Hall–Kier alpha value is -1.95. The first kappa shape index (κ1) is 12.1. The zero-order chi connectivity index (χ0) is 12.3. The Morgan fingerprint density at radius 3 is 2.56 bits per heavy atom. The number of benzene rings is 1. The fourth-order valence-corrected chi connectivity index (χ4v) is 1.16. The second-order valence-electron chi connectivity index (χ2n) is 2.80. The minimum atomic E-state index is -1.01. The van der Waals surface area contributed by atoms with Crippen LogP contribution in [0.25, 0.3) is 0 Å². The molecule has 0 spiro atoms. The molecule has 0 aliphatic heterocycles. The molecule has 0 saturated carbocycles. The van der Waals surface area contributed by atoms with Crippen molar-refractivity contribution in [3.05, 3.63) is 38.9 Å². The number of hydrogen-bond donors (Lipinski definition) is 0. The first-order valence-corrected chi connectivity index (χ1v) is 4.46. The average Bonchev–Trinajstić information content (AvgIpc) is 2.16. The lowest BCUT2D eigenvalue weighted by Gasteiger charge is -2.02. The van der Waals surface area contributed by atoms with Crippen LogP contribution < -0.4 is 0 Å². The molecule has 0 aliphatic rings. The monoisotopic (exact) mass is 243 g/mol. The molecular formula is C9H6ClNO5. The summed E-state index contributed by atoms with van der Waals surface area (Å²) in [4.78, 5) is 31.6. The van der Waals surface area contributed by atoms with Crippen LogP contribution in [0, 0.1) is 10.1 Å². The Kier molecular flexibility index (Phi) is 3.57. The summed E-state index contributed by atoms with van der Waals surface area (Å²) in [5.41, 5.74) is -0.522. The molecule has 1 aromatic carbocycles.